The molecule has 0 radical (unpaired) electrons. The monoisotopic (exact) mass is 393 g/mol. The molecule has 0 saturated heterocycles. The van der Waals surface area contributed by atoms with E-state index in [1.54, 1.807) is 24.3 Å². The van der Waals surface area contributed by atoms with Gasteiger partial charge in [0.1, 0.15) is 11.6 Å². The molecular weight excluding hydrogens is 383 g/mol. The highest BCUT2D eigenvalue weighted by Crippen LogP contribution is 2.34. The largest absolute Gasteiger partial charge is 0.306 e. The quantitative estimate of drug-likeness (QED) is 0.652. The maximum absolute atomic E-state index is 14.4. The second-order valence-electron chi connectivity index (χ2n) is 4.42. The SMILES string of the molecule is CCNC(c1ccc(Cl)cc1F)c1ccc(Br)c(Cl)c1F. The molecule has 1 nitrogen and oxygen atoms in total. The molecule has 0 aliphatic heterocycles. The molecule has 0 heterocycles. The predicted octanol–water partition coefficient (Wildman–Crippen LogP) is 5.73. The Kier molecular flexibility index (Phi) is 5.60. The smallest absolute Gasteiger partial charge is 0.148 e. The Labute approximate surface area is 140 Å². The molecule has 112 valence electrons. The van der Waals surface area contributed by atoms with Crippen LogP contribution < -0.4 is 5.32 Å². The Morgan fingerprint density at radius 1 is 1.14 bits per heavy atom. The molecule has 0 aliphatic carbocycles. The Bertz CT molecular complexity index is 664. The summed E-state index contributed by atoms with van der Waals surface area (Å²) in [5.41, 5.74) is 0.602. The van der Waals surface area contributed by atoms with E-state index < -0.39 is 17.7 Å². The van der Waals surface area contributed by atoms with Crippen LogP contribution in [0.4, 0.5) is 8.78 Å². The summed E-state index contributed by atoms with van der Waals surface area (Å²) in [7, 11) is 0. The Morgan fingerprint density at radius 2 is 1.81 bits per heavy atom. The molecule has 0 aromatic heterocycles. The fourth-order valence-corrected chi connectivity index (χ4v) is 2.73. The van der Waals surface area contributed by atoms with E-state index in [4.69, 9.17) is 23.2 Å². The highest BCUT2D eigenvalue weighted by molar-refractivity contribution is 9.10. The third-order valence-electron chi connectivity index (χ3n) is 3.06. The van der Waals surface area contributed by atoms with Crippen molar-refractivity contribution >= 4 is 39.1 Å². The van der Waals surface area contributed by atoms with Crippen molar-refractivity contribution in [2.45, 2.75) is 13.0 Å². The minimum atomic E-state index is -0.641. The van der Waals surface area contributed by atoms with Gasteiger partial charge in [-0.3, -0.25) is 0 Å². The summed E-state index contributed by atoms with van der Waals surface area (Å²) in [4.78, 5) is 0. The molecule has 1 atom stereocenters. The average Bonchev–Trinajstić information content (AvgIpc) is 2.44. The standard InChI is InChI=1S/C15H12BrCl2F2N/c1-2-21-15(9-4-3-8(17)7-12(9)19)10-5-6-11(16)13(18)14(10)20/h3-7,15,21H,2H2,1H3. The van der Waals surface area contributed by atoms with Gasteiger partial charge in [0.05, 0.1) is 11.1 Å². The minimum absolute atomic E-state index is 0.0234. The van der Waals surface area contributed by atoms with Gasteiger partial charge < -0.3 is 5.32 Å². The van der Waals surface area contributed by atoms with Crippen molar-refractivity contribution in [2.24, 2.45) is 0 Å². The van der Waals surface area contributed by atoms with Crippen molar-refractivity contribution in [1.29, 1.82) is 0 Å². The highest BCUT2D eigenvalue weighted by atomic mass is 79.9. The van der Waals surface area contributed by atoms with E-state index in [0.29, 0.717) is 21.6 Å². The molecule has 2 rings (SSSR count). The Hall–Kier alpha value is -0.680. The first-order valence-electron chi connectivity index (χ1n) is 6.27. The lowest BCUT2D eigenvalue weighted by molar-refractivity contribution is 0.530. The van der Waals surface area contributed by atoms with Gasteiger partial charge in [0.25, 0.3) is 0 Å². The molecule has 1 N–H and O–H groups in total. The molecule has 0 amide bonds. The lowest BCUT2D eigenvalue weighted by Crippen LogP contribution is -2.24. The molecular formula is C15H12BrCl2F2N. The molecule has 2 aromatic carbocycles. The van der Waals surface area contributed by atoms with Gasteiger partial charge >= 0.3 is 0 Å². The zero-order valence-corrected chi connectivity index (χ0v) is 14.2. The van der Waals surface area contributed by atoms with Crippen LogP contribution >= 0.6 is 39.1 Å². The summed E-state index contributed by atoms with van der Waals surface area (Å²) in [6.07, 6.45) is 0. The lowest BCUT2D eigenvalue weighted by Gasteiger charge is -2.21. The van der Waals surface area contributed by atoms with Crippen molar-refractivity contribution in [3.63, 3.8) is 0 Å². The third-order valence-corrected chi connectivity index (χ3v) is 4.55. The number of hydrogen-bond donors (Lipinski definition) is 1. The Balaban J connectivity index is 2.56. The number of benzene rings is 2. The molecule has 0 fully saturated rings. The average molecular weight is 395 g/mol. The highest BCUT2D eigenvalue weighted by Gasteiger charge is 2.22. The normalized spacial score (nSPS) is 12.5. The van der Waals surface area contributed by atoms with Crippen LogP contribution in [0.5, 0.6) is 0 Å². The van der Waals surface area contributed by atoms with Gasteiger partial charge in [-0.1, -0.05) is 42.3 Å². The number of halogens is 5. The summed E-state index contributed by atoms with van der Waals surface area (Å²) < 4.78 is 29.0. The van der Waals surface area contributed by atoms with E-state index in [-0.39, 0.29) is 10.6 Å². The summed E-state index contributed by atoms with van der Waals surface area (Å²) >= 11 is 14.8. The van der Waals surface area contributed by atoms with Crippen LogP contribution in [0.2, 0.25) is 10.0 Å². The van der Waals surface area contributed by atoms with Crippen LogP contribution in [-0.4, -0.2) is 6.54 Å². The topological polar surface area (TPSA) is 12.0 Å². The predicted molar refractivity (Wildman–Crippen MR) is 86.0 cm³/mol. The van der Waals surface area contributed by atoms with Crippen molar-refractivity contribution in [3.8, 4) is 0 Å². The zero-order valence-electron chi connectivity index (χ0n) is 11.1. The first-order valence-corrected chi connectivity index (χ1v) is 7.82. The van der Waals surface area contributed by atoms with Gasteiger partial charge in [0, 0.05) is 20.6 Å². The fourth-order valence-electron chi connectivity index (χ4n) is 2.09. The van der Waals surface area contributed by atoms with Crippen LogP contribution in [0.3, 0.4) is 0 Å². The van der Waals surface area contributed by atoms with Crippen molar-refractivity contribution < 1.29 is 8.78 Å². The van der Waals surface area contributed by atoms with Crippen molar-refractivity contribution in [3.05, 3.63) is 67.6 Å². The van der Waals surface area contributed by atoms with Gasteiger partial charge in [0.2, 0.25) is 0 Å². The minimum Gasteiger partial charge on any atom is -0.306 e. The van der Waals surface area contributed by atoms with E-state index in [1.165, 1.54) is 6.07 Å². The molecule has 0 bridgehead atoms. The second-order valence-corrected chi connectivity index (χ2v) is 6.09. The van der Waals surface area contributed by atoms with E-state index in [2.05, 4.69) is 21.2 Å². The molecule has 0 saturated carbocycles. The van der Waals surface area contributed by atoms with Gasteiger partial charge in [-0.2, -0.15) is 0 Å². The van der Waals surface area contributed by atoms with Crippen molar-refractivity contribution in [1.82, 2.24) is 5.32 Å². The molecule has 0 spiro atoms. The zero-order chi connectivity index (χ0) is 15.6. The van der Waals surface area contributed by atoms with Crippen LogP contribution in [0.15, 0.2) is 34.8 Å². The second kappa shape index (κ2) is 7.05. The summed E-state index contributed by atoms with van der Waals surface area (Å²) in [6.45, 7) is 2.40. The van der Waals surface area contributed by atoms with E-state index in [1.807, 2.05) is 6.92 Å². The van der Waals surface area contributed by atoms with Crippen molar-refractivity contribution in [2.75, 3.05) is 6.54 Å². The molecule has 6 heteroatoms. The van der Waals surface area contributed by atoms with E-state index in [0.717, 1.165) is 0 Å². The van der Waals surface area contributed by atoms with Crippen LogP contribution in [-0.2, 0) is 0 Å². The number of hydrogen-bond acceptors (Lipinski definition) is 1. The third kappa shape index (κ3) is 3.57. The van der Waals surface area contributed by atoms with Crippen LogP contribution in [0, 0.1) is 11.6 Å². The Morgan fingerprint density at radius 3 is 2.43 bits per heavy atom. The fraction of sp³-hybridized carbons (Fsp3) is 0.200. The molecule has 2 aromatic rings. The number of rotatable bonds is 4. The van der Waals surface area contributed by atoms with Gasteiger partial charge in [-0.15, -0.1) is 0 Å². The van der Waals surface area contributed by atoms with Gasteiger partial charge in [-0.05, 0) is 40.7 Å². The number of nitrogens with one attached hydrogen (secondary N) is 1. The first-order chi connectivity index (χ1) is 9.95. The van der Waals surface area contributed by atoms with Crippen LogP contribution in [0.25, 0.3) is 0 Å². The van der Waals surface area contributed by atoms with Gasteiger partial charge in [0.15, 0.2) is 0 Å². The van der Waals surface area contributed by atoms with E-state index in [9.17, 15) is 8.78 Å². The maximum atomic E-state index is 14.4. The maximum Gasteiger partial charge on any atom is 0.148 e. The lowest BCUT2D eigenvalue weighted by atomic mass is 9.97. The summed E-state index contributed by atoms with van der Waals surface area (Å²) in [5, 5.41) is 3.34. The van der Waals surface area contributed by atoms with Gasteiger partial charge in [-0.25, -0.2) is 8.78 Å². The molecule has 21 heavy (non-hydrogen) atoms. The summed E-state index contributed by atoms with van der Waals surface area (Å²) in [5.74, 6) is -1.07. The molecule has 0 aliphatic rings. The van der Waals surface area contributed by atoms with E-state index >= 15 is 0 Å². The first kappa shape index (κ1) is 16.7. The molecule has 1 unspecified atom stereocenters. The summed E-state index contributed by atoms with van der Waals surface area (Å²) in [6, 6.07) is 6.90. The van der Waals surface area contributed by atoms with Crippen LogP contribution in [0.1, 0.15) is 24.1 Å².